The molecule has 16 heavy (non-hydrogen) atoms. The highest BCUT2D eigenvalue weighted by atomic mass is 16.4. The van der Waals surface area contributed by atoms with Crippen LogP contribution in [0.4, 0.5) is 0 Å². The first-order valence-corrected chi connectivity index (χ1v) is 5.45. The molecule has 1 aromatic rings. The third-order valence-corrected chi connectivity index (χ3v) is 2.81. The van der Waals surface area contributed by atoms with Gasteiger partial charge in [0, 0.05) is 18.9 Å². The lowest BCUT2D eigenvalue weighted by Crippen LogP contribution is -2.29. The Morgan fingerprint density at radius 1 is 1.56 bits per heavy atom. The van der Waals surface area contributed by atoms with E-state index in [1.807, 2.05) is 25.5 Å². The molecule has 0 aromatic carbocycles. The number of aromatic amines is 1. The van der Waals surface area contributed by atoms with Crippen LogP contribution in [0.15, 0.2) is 18.5 Å². The maximum absolute atomic E-state index is 10.9. The van der Waals surface area contributed by atoms with Gasteiger partial charge in [-0.05, 0) is 45.5 Å². The smallest absolute Gasteiger partial charge is 0.309 e. The van der Waals surface area contributed by atoms with Crippen LogP contribution in [0.25, 0.3) is 0 Å². The molecule has 2 N–H and O–H groups in total. The third-order valence-electron chi connectivity index (χ3n) is 2.81. The molecule has 4 heteroatoms. The van der Waals surface area contributed by atoms with Gasteiger partial charge in [0.2, 0.25) is 0 Å². The summed E-state index contributed by atoms with van der Waals surface area (Å²) in [5, 5.41) is 8.99. The van der Waals surface area contributed by atoms with Gasteiger partial charge >= 0.3 is 5.97 Å². The van der Waals surface area contributed by atoms with Crippen molar-refractivity contribution < 1.29 is 9.90 Å². The van der Waals surface area contributed by atoms with Crippen LogP contribution in [0.2, 0.25) is 0 Å². The summed E-state index contributed by atoms with van der Waals surface area (Å²) < 4.78 is 0. The highest BCUT2D eigenvalue weighted by molar-refractivity contribution is 5.73. The average Bonchev–Trinajstić information content (AvgIpc) is 2.67. The number of nitrogens with one attached hydrogen (secondary N) is 1. The zero-order valence-electron chi connectivity index (χ0n) is 10.2. The van der Waals surface area contributed by atoms with Gasteiger partial charge in [0.25, 0.3) is 0 Å². The van der Waals surface area contributed by atoms with Crippen molar-refractivity contribution in [2.75, 3.05) is 13.6 Å². The zero-order valence-corrected chi connectivity index (χ0v) is 10.2. The van der Waals surface area contributed by atoms with E-state index in [2.05, 4.69) is 9.88 Å². The molecule has 1 heterocycles. The van der Waals surface area contributed by atoms with Crippen LogP contribution < -0.4 is 0 Å². The number of hydrogen-bond donors (Lipinski definition) is 2. The van der Waals surface area contributed by atoms with Gasteiger partial charge in [-0.2, -0.15) is 0 Å². The fourth-order valence-electron chi connectivity index (χ4n) is 1.42. The Balaban J connectivity index is 2.35. The number of hydrogen-bond acceptors (Lipinski definition) is 2. The van der Waals surface area contributed by atoms with Crippen LogP contribution in [-0.2, 0) is 11.3 Å². The Morgan fingerprint density at radius 2 is 2.25 bits per heavy atom. The van der Waals surface area contributed by atoms with Gasteiger partial charge < -0.3 is 15.0 Å². The Bertz CT molecular complexity index is 331. The molecule has 4 nitrogen and oxygen atoms in total. The van der Waals surface area contributed by atoms with E-state index in [1.54, 1.807) is 13.8 Å². The quantitative estimate of drug-likeness (QED) is 0.776. The van der Waals surface area contributed by atoms with E-state index in [4.69, 9.17) is 5.11 Å². The van der Waals surface area contributed by atoms with Gasteiger partial charge in [-0.15, -0.1) is 0 Å². The first-order valence-electron chi connectivity index (χ1n) is 5.45. The minimum absolute atomic E-state index is 0.646. The molecule has 0 atom stereocenters. The minimum Gasteiger partial charge on any atom is -0.481 e. The monoisotopic (exact) mass is 224 g/mol. The standard InChI is InChI=1S/C12H20N2O2/c1-12(2,11(15)16)5-7-14(3)9-10-4-6-13-8-10/h4,6,8,13H,5,7,9H2,1-3H3,(H,15,16). The number of nitrogens with zero attached hydrogens (tertiary/aromatic N) is 1. The maximum Gasteiger partial charge on any atom is 0.309 e. The van der Waals surface area contributed by atoms with Crippen molar-refractivity contribution in [1.29, 1.82) is 0 Å². The predicted molar refractivity (Wildman–Crippen MR) is 63.2 cm³/mol. The van der Waals surface area contributed by atoms with E-state index < -0.39 is 11.4 Å². The molecule has 1 rings (SSSR count). The van der Waals surface area contributed by atoms with E-state index in [-0.39, 0.29) is 0 Å². The first kappa shape index (κ1) is 12.8. The number of carboxylic acid groups (broad SMARTS) is 1. The molecule has 0 aliphatic heterocycles. The summed E-state index contributed by atoms with van der Waals surface area (Å²) in [6.07, 6.45) is 4.51. The lowest BCUT2D eigenvalue weighted by Gasteiger charge is -2.23. The maximum atomic E-state index is 10.9. The predicted octanol–water partition coefficient (Wildman–Crippen LogP) is 1.95. The van der Waals surface area contributed by atoms with Crippen LogP contribution >= 0.6 is 0 Å². The van der Waals surface area contributed by atoms with Crippen molar-refractivity contribution in [3.63, 3.8) is 0 Å². The van der Waals surface area contributed by atoms with Gasteiger partial charge in [0.15, 0.2) is 0 Å². The fourth-order valence-corrected chi connectivity index (χ4v) is 1.42. The summed E-state index contributed by atoms with van der Waals surface area (Å²) in [5.41, 5.74) is 0.572. The van der Waals surface area contributed by atoms with Crippen LogP contribution in [0.3, 0.4) is 0 Å². The van der Waals surface area contributed by atoms with E-state index in [0.717, 1.165) is 13.1 Å². The number of carbonyl (C=O) groups is 1. The summed E-state index contributed by atoms with van der Waals surface area (Å²) in [6.45, 7) is 5.16. The SMILES string of the molecule is CN(CCC(C)(C)C(=O)O)Cc1cc[nH]c1. The molecule has 1 aromatic heterocycles. The van der Waals surface area contributed by atoms with Gasteiger partial charge in [0.1, 0.15) is 0 Å². The van der Waals surface area contributed by atoms with Crippen LogP contribution in [0.5, 0.6) is 0 Å². The molecule has 0 saturated carbocycles. The third kappa shape index (κ3) is 3.70. The summed E-state index contributed by atoms with van der Waals surface area (Å²) in [7, 11) is 2.00. The van der Waals surface area contributed by atoms with Crippen LogP contribution in [-0.4, -0.2) is 34.6 Å². The Hall–Kier alpha value is -1.29. The van der Waals surface area contributed by atoms with E-state index in [1.165, 1.54) is 5.56 Å². The van der Waals surface area contributed by atoms with Crippen molar-refractivity contribution >= 4 is 5.97 Å². The highest BCUT2D eigenvalue weighted by Crippen LogP contribution is 2.20. The lowest BCUT2D eigenvalue weighted by atomic mass is 9.89. The second kappa shape index (κ2) is 5.16. The average molecular weight is 224 g/mol. The molecule has 0 bridgehead atoms. The van der Waals surface area contributed by atoms with Gasteiger partial charge in [0.05, 0.1) is 5.41 Å². The number of H-pyrrole nitrogens is 1. The fraction of sp³-hybridized carbons (Fsp3) is 0.583. The molecular weight excluding hydrogens is 204 g/mol. The van der Waals surface area contributed by atoms with Crippen LogP contribution in [0, 0.1) is 5.41 Å². The van der Waals surface area contributed by atoms with Gasteiger partial charge in [-0.1, -0.05) is 0 Å². The molecule has 0 aliphatic rings. The molecule has 0 amide bonds. The van der Waals surface area contributed by atoms with Crippen LogP contribution in [0.1, 0.15) is 25.8 Å². The molecule has 0 radical (unpaired) electrons. The highest BCUT2D eigenvalue weighted by Gasteiger charge is 2.26. The summed E-state index contributed by atoms with van der Waals surface area (Å²) in [6, 6.07) is 2.03. The molecule has 0 aliphatic carbocycles. The topological polar surface area (TPSA) is 56.3 Å². The number of aromatic nitrogens is 1. The van der Waals surface area contributed by atoms with Crippen molar-refractivity contribution in [1.82, 2.24) is 9.88 Å². The Kier molecular flexibility index (Phi) is 4.12. The number of aliphatic carboxylic acids is 1. The van der Waals surface area contributed by atoms with Gasteiger partial charge in [-0.25, -0.2) is 0 Å². The van der Waals surface area contributed by atoms with E-state index >= 15 is 0 Å². The molecule has 0 spiro atoms. The second-order valence-corrected chi connectivity index (χ2v) is 4.90. The summed E-state index contributed by atoms with van der Waals surface area (Å²) >= 11 is 0. The normalized spacial score (nSPS) is 12.0. The summed E-state index contributed by atoms with van der Waals surface area (Å²) in [4.78, 5) is 16.1. The first-order chi connectivity index (χ1) is 7.42. The van der Waals surface area contributed by atoms with Gasteiger partial charge in [-0.3, -0.25) is 4.79 Å². The van der Waals surface area contributed by atoms with Crippen molar-refractivity contribution in [3.8, 4) is 0 Å². The van der Waals surface area contributed by atoms with Crippen molar-refractivity contribution in [2.45, 2.75) is 26.8 Å². The summed E-state index contributed by atoms with van der Waals surface area (Å²) in [5.74, 6) is -0.734. The van der Waals surface area contributed by atoms with E-state index in [9.17, 15) is 4.79 Å². The van der Waals surface area contributed by atoms with Crippen molar-refractivity contribution in [3.05, 3.63) is 24.0 Å². The molecular formula is C12H20N2O2. The molecule has 0 saturated heterocycles. The number of rotatable bonds is 6. The lowest BCUT2D eigenvalue weighted by molar-refractivity contribution is -0.147. The van der Waals surface area contributed by atoms with E-state index in [0.29, 0.717) is 6.42 Å². The molecule has 0 unspecified atom stereocenters. The molecule has 90 valence electrons. The molecule has 0 fully saturated rings. The second-order valence-electron chi connectivity index (χ2n) is 4.90. The zero-order chi connectivity index (χ0) is 12.2. The Labute approximate surface area is 96.3 Å². The Morgan fingerprint density at radius 3 is 2.75 bits per heavy atom. The van der Waals surface area contributed by atoms with Crippen molar-refractivity contribution in [2.24, 2.45) is 5.41 Å². The largest absolute Gasteiger partial charge is 0.481 e. The minimum atomic E-state index is -0.734. The number of carboxylic acids is 1.